The number of nitro benzene ring substituents is 1. The third kappa shape index (κ3) is 5.52. The van der Waals surface area contributed by atoms with Gasteiger partial charge in [0, 0.05) is 23.2 Å². The predicted octanol–water partition coefficient (Wildman–Crippen LogP) is 2.55. The molecule has 0 fully saturated rings. The molecule has 0 spiro atoms. The van der Waals surface area contributed by atoms with Crippen molar-refractivity contribution in [1.82, 2.24) is 10.7 Å². The van der Waals surface area contributed by atoms with Gasteiger partial charge in [0.05, 0.1) is 11.1 Å². The van der Waals surface area contributed by atoms with Gasteiger partial charge in [0.15, 0.2) is 5.11 Å². The maximum absolute atomic E-state index is 10.8. The molecule has 0 aromatic heterocycles. The maximum Gasteiger partial charge on any atom is 0.312 e. The molecule has 0 saturated carbocycles. The second-order valence-electron chi connectivity index (χ2n) is 4.10. The van der Waals surface area contributed by atoms with E-state index in [0.29, 0.717) is 5.11 Å². The average molecular weight is 331 g/mol. The third-order valence-corrected chi connectivity index (χ3v) is 2.92. The van der Waals surface area contributed by atoms with Crippen LogP contribution in [0.2, 0.25) is 5.02 Å². The van der Waals surface area contributed by atoms with Crippen LogP contribution in [-0.2, 0) is 0 Å². The molecule has 0 aliphatic heterocycles. The van der Waals surface area contributed by atoms with E-state index in [1.54, 1.807) is 0 Å². The molecule has 0 aliphatic carbocycles. The Labute approximate surface area is 132 Å². The van der Waals surface area contributed by atoms with Gasteiger partial charge in [0.2, 0.25) is 5.75 Å². The first-order valence-electron chi connectivity index (χ1n) is 6.19. The number of benzene rings is 1. The largest absolute Gasteiger partial charge is 0.502 e. The van der Waals surface area contributed by atoms with Gasteiger partial charge >= 0.3 is 5.69 Å². The number of nitrogens with zero attached hydrogens (tertiary/aromatic N) is 2. The molecular weight excluding hydrogens is 316 g/mol. The number of aromatic hydroxyl groups is 1. The van der Waals surface area contributed by atoms with Crippen LogP contribution in [-0.4, -0.2) is 27.9 Å². The minimum atomic E-state index is -0.719. The van der Waals surface area contributed by atoms with E-state index in [0.717, 1.165) is 25.5 Å². The Morgan fingerprint density at radius 1 is 1.62 bits per heavy atom. The monoisotopic (exact) mass is 330 g/mol. The molecule has 0 amide bonds. The molecule has 3 N–H and O–H groups in total. The van der Waals surface area contributed by atoms with E-state index in [2.05, 4.69) is 22.8 Å². The Morgan fingerprint density at radius 2 is 2.33 bits per heavy atom. The SMILES string of the molecule is CCCCNC(=S)N/N=C/c1cc(Cl)cc([N+](=O)[O-])c1O. The standard InChI is InChI=1S/C12H15ClN4O3S/c1-2-3-4-14-12(21)16-15-7-8-5-9(13)6-10(11(8)18)17(19)20/h5-7,18H,2-4H2,1H3,(H2,14,16,21)/b15-7+. The number of hydrazone groups is 1. The van der Waals surface area contributed by atoms with Crippen molar-refractivity contribution < 1.29 is 10.0 Å². The molecule has 0 unspecified atom stereocenters. The number of phenols is 1. The number of unbranched alkanes of at least 4 members (excludes halogenated alkanes) is 1. The van der Waals surface area contributed by atoms with Gasteiger partial charge in [0.25, 0.3) is 0 Å². The number of nitro groups is 1. The first-order valence-corrected chi connectivity index (χ1v) is 6.98. The molecular formula is C12H15ClN4O3S. The van der Waals surface area contributed by atoms with E-state index < -0.39 is 16.4 Å². The molecule has 0 atom stereocenters. The van der Waals surface area contributed by atoms with E-state index >= 15 is 0 Å². The number of halogens is 1. The van der Waals surface area contributed by atoms with E-state index in [1.165, 1.54) is 12.3 Å². The van der Waals surface area contributed by atoms with Crippen molar-refractivity contribution in [2.75, 3.05) is 6.54 Å². The summed E-state index contributed by atoms with van der Waals surface area (Å²) < 4.78 is 0. The summed E-state index contributed by atoms with van der Waals surface area (Å²) in [6.45, 7) is 2.79. The van der Waals surface area contributed by atoms with E-state index in [1.807, 2.05) is 0 Å². The fourth-order valence-electron chi connectivity index (χ4n) is 1.42. The first-order chi connectivity index (χ1) is 9.95. The molecule has 0 heterocycles. The van der Waals surface area contributed by atoms with Crippen LogP contribution in [0.5, 0.6) is 5.75 Å². The highest BCUT2D eigenvalue weighted by atomic mass is 35.5. The van der Waals surface area contributed by atoms with Gasteiger partial charge in [-0.05, 0) is 24.7 Å². The molecule has 0 aliphatic rings. The van der Waals surface area contributed by atoms with Crippen molar-refractivity contribution in [3.05, 3.63) is 32.8 Å². The fraction of sp³-hybridized carbons (Fsp3) is 0.333. The van der Waals surface area contributed by atoms with Crippen LogP contribution >= 0.6 is 23.8 Å². The minimum absolute atomic E-state index is 0.123. The van der Waals surface area contributed by atoms with Gasteiger partial charge in [0.1, 0.15) is 0 Å². The quantitative estimate of drug-likeness (QED) is 0.244. The summed E-state index contributed by atoms with van der Waals surface area (Å²) in [5, 5.41) is 27.7. The number of hydrogen-bond donors (Lipinski definition) is 3. The molecule has 21 heavy (non-hydrogen) atoms. The Bertz CT molecular complexity index is 566. The number of hydrogen-bond acceptors (Lipinski definition) is 5. The van der Waals surface area contributed by atoms with Crippen LogP contribution in [0, 0.1) is 10.1 Å². The van der Waals surface area contributed by atoms with Crippen LogP contribution in [0.3, 0.4) is 0 Å². The first kappa shape index (κ1) is 17.1. The molecule has 1 aromatic carbocycles. The molecule has 114 valence electrons. The molecule has 9 heteroatoms. The van der Waals surface area contributed by atoms with Gasteiger partial charge in [-0.2, -0.15) is 5.10 Å². The highest BCUT2D eigenvalue weighted by Crippen LogP contribution is 2.32. The highest BCUT2D eigenvalue weighted by molar-refractivity contribution is 7.80. The van der Waals surface area contributed by atoms with Crippen molar-refractivity contribution in [1.29, 1.82) is 0 Å². The zero-order chi connectivity index (χ0) is 15.8. The topological polar surface area (TPSA) is 99.8 Å². The van der Waals surface area contributed by atoms with Crippen LogP contribution in [0.25, 0.3) is 0 Å². The van der Waals surface area contributed by atoms with Crippen LogP contribution in [0.4, 0.5) is 5.69 Å². The normalized spacial score (nSPS) is 10.6. The summed E-state index contributed by atoms with van der Waals surface area (Å²) in [4.78, 5) is 10.0. The fourth-order valence-corrected chi connectivity index (χ4v) is 1.80. The highest BCUT2D eigenvalue weighted by Gasteiger charge is 2.17. The summed E-state index contributed by atoms with van der Waals surface area (Å²) in [7, 11) is 0. The van der Waals surface area contributed by atoms with E-state index in [4.69, 9.17) is 23.8 Å². The lowest BCUT2D eigenvalue weighted by atomic mass is 10.2. The van der Waals surface area contributed by atoms with Crippen LogP contribution in [0.1, 0.15) is 25.3 Å². The summed E-state index contributed by atoms with van der Waals surface area (Å²) >= 11 is 10.7. The number of rotatable bonds is 6. The van der Waals surface area contributed by atoms with Crippen molar-refractivity contribution in [3.8, 4) is 5.75 Å². The van der Waals surface area contributed by atoms with Crippen molar-refractivity contribution in [3.63, 3.8) is 0 Å². The molecule has 1 aromatic rings. The Hall–Kier alpha value is -1.93. The van der Waals surface area contributed by atoms with Gasteiger partial charge in [-0.15, -0.1) is 0 Å². The molecule has 0 radical (unpaired) electrons. The van der Waals surface area contributed by atoms with Gasteiger partial charge < -0.3 is 10.4 Å². The van der Waals surface area contributed by atoms with Gasteiger partial charge in [-0.3, -0.25) is 15.5 Å². The second kappa shape index (κ2) is 8.38. The van der Waals surface area contributed by atoms with Crippen LogP contribution < -0.4 is 10.7 Å². The number of nitrogens with one attached hydrogen (secondary N) is 2. The second-order valence-corrected chi connectivity index (χ2v) is 4.94. The smallest absolute Gasteiger partial charge is 0.312 e. The Kier molecular flexibility index (Phi) is 6.83. The number of phenolic OH excluding ortho intramolecular Hbond substituents is 1. The summed E-state index contributed by atoms with van der Waals surface area (Å²) in [5.74, 6) is -0.500. The third-order valence-electron chi connectivity index (χ3n) is 2.47. The lowest BCUT2D eigenvalue weighted by Crippen LogP contribution is -2.32. The zero-order valence-electron chi connectivity index (χ0n) is 11.3. The van der Waals surface area contributed by atoms with Gasteiger partial charge in [-0.25, -0.2) is 0 Å². The summed E-state index contributed by atoms with van der Waals surface area (Å²) in [6.07, 6.45) is 3.23. The predicted molar refractivity (Wildman–Crippen MR) is 86.0 cm³/mol. The van der Waals surface area contributed by atoms with Crippen molar-refractivity contribution >= 4 is 40.8 Å². The average Bonchev–Trinajstić information content (AvgIpc) is 2.42. The maximum atomic E-state index is 10.8. The lowest BCUT2D eigenvalue weighted by molar-refractivity contribution is -0.385. The zero-order valence-corrected chi connectivity index (χ0v) is 12.9. The Balaban J connectivity index is 2.72. The molecule has 0 saturated heterocycles. The summed E-state index contributed by atoms with van der Waals surface area (Å²) in [5.41, 5.74) is 2.20. The lowest BCUT2D eigenvalue weighted by Gasteiger charge is -2.05. The minimum Gasteiger partial charge on any atom is -0.502 e. The number of thiocarbonyl (C=S) groups is 1. The van der Waals surface area contributed by atoms with Gasteiger partial charge in [-0.1, -0.05) is 24.9 Å². The van der Waals surface area contributed by atoms with E-state index in [-0.39, 0.29) is 10.6 Å². The Morgan fingerprint density at radius 3 is 2.95 bits per heavy atom. The molecule has 7 nitrogen and oxygen atoms in total. The van der Waals surface area contributed by atoms with Crippen LogP contribution in [0.15, 0.2) is 17.2 Å². The van der Waals surface area contributed by atoms with Crippen molar-refractivity contribution in [2.45, 2.75) is 19.8 Å². The van der Waals surface area contributed by atoms with Crippen molar-refractivity contribution in [2.24, 2.45) is 5.10 Å². The molecule has 1 rings (SSSR count). The van der Waals surface area contributed by atoms with E-state index in [9.17, 15) is 15.2 Å². The molecule has 0 bridgehead atoms. The summed E-state index contributed by atoms with van der Waals surface area (Å²) in [6, 6.07) is 2.43.